The number of amides is 3. The van der Waals surface area contributed by atoms with Crippen LogP contribution in [0.1, 0.15) is 31.8 Å². The average Bonchev–Trinajstić information content (AvgIpc) is 2.83. The highest BCUT2D eigenvalue weighted by Gasteiger charge is 2.26. The molecule has 5 nitrogen and oxygen atoms in total. The number of imide groups is 1. The van der Waals surface area contributed by atoms with Gasteiger partial charge < -0.3 is 5.32 Å². The van der Waals surface area contributed by atoms with Crippen molar-refractivity contribution in [2.45, 2.75) is 12.7 Å². The maximum absolute atomic E-state index is 12.0. The van der Waals surface area contributed by atoms with Gasteiger partial charge in [-0.1, -0.05) is 29.8 Å². The van der Waals surface area contributed by atoms with Gasteiger partial charge in [0.25, 0.3) is 11.8 Å². The Kier molecular flexibility index (Phi) is 4.66. The van der Waals surface area contributed by atoms with E-state index in [9.17, 15) is 14.4 Å². The van der Waals surface area contributed by atoms with Crippen LogP contribution in [0.5, 0.6) is 0 Å². The molecule has 0 saturated carbocycles. The van der Waals surface area contributed by atoms with E-state index < -0.39 is 11.8 Å². The number of anilines is 1. The Morgan fingerprint density at radius 3 is 2.50 bits per heavy atom. The zero-order valence-electron chi connectivity index (χ0n) is 13.1. The maximum atomic E-state index is 12.0. The van der Waals surface area contributed by atoms with Gasteiger partial charge in [0.15, 0.2) is 0 Å². The number of hydrogen-bond donors (Lipinski definition) is 2. The van der Waals surface area contributed by atoms with Crippen molar-refractivity contribution >= 4 is 35.2 Å². The summed E-state index contributed by atoms with van der Waals surface area (Å²) in [5.74, 6) is 0.100. The maximum Gasteiger partial charge on any atom is 0.259 e. The molecule has 0 bridgehead atoms. The Balaban J connectivity index is 1.54. The molecule has 0 atom stereocenters. The van der Waals surface area contributed by atoms with E-state index in [2.05, 4.69) is 22.8 Å². The molecule has 2 N–H and O–H groups in total. The predicted molar refractivity (Wildman–Crippen MR) is 94.2 cm³/mol. The Bertz CT molecular complexity index is 816. The summed E-state index contributed by atoms with van der Waals surface area (Å²) in [5.41, 5.74) is 3.53. The highest BCUT2D eigenvalue weighted by atomic mass is 32.2. The largest absolute Gasteiger partial charge is 0.325 e. The summed E-state index contributed by atoms with van der Waals surface area (Å²) in [7, 11) is 0. The molecule has 0 fully saturated rings. The minimum absolute atomic E-state index is 0.142. The van der Waals surface area contributed by atoms with Crippen molar-refractivity contribution in [2.75, 3.05) is 11.1 Å². The summed E-state index contributed by atoms with van der Waals surface area (Å²) in [6, 6.07) is 12.9. The Hall–Kier alpha value is -2.60. The van der Waals surface area contributed by atoms with Gasteiger partial charge in [0.1, 0.15) is 0 Å². The lowest BCUT2D eigenvalue weighted by Crippen LogP contribution is -2.19. The van der Waals surface area contributed by atoms with Crippen molar-refractivity contribution in [3.8, 4) is 0 Å². The molecule has 3 amide bonds. The van der Waals surface area contributed by atoms with E-state index in [0.717, 1.165) is 5.75 Å². The third-order valence-electron chi connectivity index (χ3n) is 3.64. The van der Waals surface area contributed by atoms with E-state index in [1.807, 2.05) is 19.1 Å². The Morgan fingerprint density at radius 2 is 1.75 bits per heavy atom. The van der Waals surface area contributed by atoms with Gasteiger partial charge in [-0.2, -0.15) is 0 Å². The monoisotopic (exact) mass is 340 g/mol. The fourth-order valence-corrected chi connectivity index (χ4v) is 3.18. The molecule has 24 heavy (non-hydrogen) atoms. The van der Waals surface area contributed by atoms with Gasteiger partial charge in [0.05, 0.1) is 16.9 Å². The summed E-state index contributed by atoms with van der Waals surface area (Å²) >= 11 is 1.52. The van der Waals surface area contributed by atoms with Crippen LogP contribution in [0.25, 0.3) is 0 Å². The van der Waals surface area contributed by atoms with E-state index in [1.165, 1.54) is 29.0 Å². The van der Waals surface area contributed by atoms with Gasteiger partial charge in [-0.15, -0.1) is 11.8 Å². The molecule has 1 aliphatic heterocycles. The second-order valence-electron chi connectivity index (χ2n) is 5.57. The van der Waals surface area contributed by atoms with Crippen LogP contribution in [0.2, 0.25) is 0 Å². The first kappa shape index (κ1) is 16.3. The normalized spacial score (nSPS) is 12.7. The quantitative estimate of drug-likeness (QED) is 0.821. The highest BCUT2D eigenvalue weighted by molar-refractivity contribution is 7.99. The average molecular weight is 340 g/mol. The molecule has 1 heterocycles. The predicted octanol–water partition coefficient (Wildman–Crippen LogP) is 2.75. The lowest BCUT2D eigenvalue weighted by Gasteiger charge is -2.06. The summed E-state index contributed by atoms with van der Waals surface area (Å²) in [4.78, 5) is 35.1. The molecule has 122 valence electrons. The number of hydrogen-bond acceptors (Lipinski definition) is 4. The van der Waals surface area contributed by atoms with Gasteiger partial charge in [-0.05, 0) is 30.7 Å². The number of rotatable bonds is 5. The topological polar surface area (TPSA) is 75.3 Å². The second kappa shape index (κ2) is 6.88. The van der Waals surface area contributed by atoms with Crippen molar-refractivity contribution in [2.24, 2.45) is 0 Å². The molecule has 0 spiro atoms. The lowest BCUT2D eigenvalue weighted by molar-refractivity contribution is -0.113. The van der Waals surface area contributed by atoms with Crippen molar-refractivity contribution in [1.82, 2.24) is 5.32 Å². The minimum Gasteiger partial charge on any atom is -0.325 e. The summed E-state index contributed by atoms with van der Waals surface area (Å²) < 4.78 is 0. The first-order valence-electron chi connectivity index (χ1n) is 7.46. The van der Waals surface area contributed by atoms with Crippen molar-refractivity contribution in [3.05, 3.63) is 64.7 Å². The van der Waals surface area contributed by atoms with Gasteiger partial charge >= 0.3 is 0 Å². The number of fused-ring (bicyclic) bond motifs is 1. The van der Waals surface area contributed by atoms with Crippen LogP contribution in [-0.4, -0.2) is 23.5 Å². The second-order valence-corrected chi connectivity index (χ2v) is 6.56. The van der Waals surface area contributed by atoms with E-state index in [4.69, 9.17) is 0 Å². The molecule has 6 heteroatoms. The molecule has 0 radical (unpaired) electrons. The third kappa shape index (κ3) is 3.65. The molecule has 0 aromatic heterocycles. The van der Waals surface area contributed by atoms with E-state index >= 15 is 0 Å². The Labute approximate surface area is 143 Å². The van der Waals surface area contributed by atoms with Crippen molar-refractivity contribution in [3.63, 3.8) is 0 Å². The van der Waals surface area contributed by atoms with Crippen LogP contribution in [0, 0.1) is 6.92 Å². The summed E-state index contributed by atoms with van der Waals surface area (Å²) in [6.07, 6.45) is 0. The number of thioether (sulfide) groups is 1. The molecule has 0 aliphatic carbocycles. The van der Waals surface area contributed by atoms with Crippen LogP contribution in [0.3, 0.4) is 0 Å². The molecule has 3 rings (SSSR count). The third-order valence-corrected chi connectivity index (χ3v) is 4.65. The van der Waals surface area contributed by atoms with Crippen molar-refractivity contribution in [1.29, 1.82) is 0 Å². The van der Waals surface area contributed by atoms with Crippen LogP contribution >= 0.6 is 11.8 Å². The number of benzene rings is 2. The summed E-state index contributed by atoms with van der Waals surface area (Å²) in [6.45, 7) is 2.04. The molecular formula is C18H16N2O3S. The number of carbonyl (C=O) groups excluding carboxylic acids is 3. The summed E-state index contributed by atoms with van der Waals surface area (Å²) in [5, 5.41) is 4.98. The number of aryl methyl sites for hydroxylation is 1. The number of nitrogens with one attached hydrogen (secondary N) is 2. The minimum atomic E-state index is -0.431. The molecule has 2 aromatic rings. The van der Waals surface area contributed by atoms with Crippen molar-refractivity contribution < 1.29 is 14.4 Å². The molecule has 1 aliphatic rings. The van der Waals surface area contributed by atoms with Gasteiger partial charge in [-0.3, -0.25) is 19.7 Å². The van der Waals surface area contributed by atoms with E-state index in [1.54, 1.807) is 12.1 Å². The SMILES string of the molecule is Cc1ccc(CSCC(=O)Nc2ccc3c(c2)C(=O)NC3=O)cc1. The smallest absolute Gasteiger partial charge is 0.259 e. The van der Waals surface area contributed by atoms with Crippen LogP contribution < -0.4 is 10.6 Å². The zero-order valence-corrected chi connectivity index (χ0v) is 13.9. The zero-order chi connectivity index (χ0) is 17.1. The van der Waals surface area contributed by atoms with E-state index in [-0.39, 0.29) is 5.91 Å². The molecule has 2 aromatic carbocycles. The molecular weight excluding hydrogens is 324 g/mol. The first-order valence-corrected chi connectivity index (χ1v) is 8.61. The van der Waals surface area contributed by atoms with Gasteiger partial charge in [-0.25, -0.2) is 0 Å². The molecule has 0 saturated heterocycles. The highest BCUT2D eigenvalue weighted by Crippen LogP contribution is 2.20. The standard InChI is InChI=1S/C18H16N2O3S/c1-11-2-4-12(5-3-11)9-24-10-16(21)19-13-6-7-14-15(8-13)18(23)20-17(14)22/h2-8H,9-10H2,1H3,(H,19,21)(H,20,22,23). The van der Waals surface area contributed by atoms with Gasteiger partial charge in [0, 0.05) is 11.4 Å². The van der Waals surface area contributed by atoms with Gasteiger partial charge in [0.2, 0.25) is 5.91 Å². The first-order chi connectivity index (χ1) is 11.5. The Morgan fingerprint density at radius 1 is 1.04 bits per heavy atom. The van der Waals surface area contributed by atoms with Crippen LogP contribution in [0.4, 0.5) is 5.69 Å². The van der Waals surface area contributed by atoms with Crippen LogP contribution in [0.15, 0.2) is 42.5 Å². The number of carbonyl (C=O) groups is 3. The fourth-order valence-electron chi connectivity index (χ4n) is 2.39. The molecule has 0 unspecified atom stereocenters. The van der Waals surface area contributed by atoms with E-state index in [0.29, 0.717) is 22.6 Å². The lowest BCUT2D eigenvalue weighted by atomic mass is 10.1. The van der Waals surface area contributed by atoms with Crippen LogP contribution in [-0.2, 0) is 10.5 Å². The fraction of sp³-hybridized carbons (Fsp3) is 0.167.